The quantitative estimate of drug-likeness (QED) is 0.647. The van der Waals surface area contributed by atoms with Gasteiger partial charge in [-0.3, -0.25) is 14.4 Å². The SMILES string of the molecule is CCOC(=O)[C@@H]1[C@H]2C(=O)N([C@H](C)CO)C(C(=O)NC(C)C)C23CC[C@@]1(C)S3. The second kappa shape index (κ2) is 6.95. The van der Waals surface area contributed by atoms with Crippen LogP contribution in [0.15, 0.2) is 0 Å². The number of rotatable bonds is 6. The molecule has 0 aromatic carbocycles. The molecule has 3 aliphatic rings. The van der Waals surface area contributed by atoms with Gasteiger partial charge in [-0.05, 0) is 47.5 Å². The molecule has 0 saturated carbocycles. The molecule has 2 bridgehead atoms. The lowest BCUT2D eigenvalue weighted by atomic mass is 9.66. The number of ether oxygens (including phenoxy) is 1. The largest absolute Gasteiger partial charge is 0.466 e. The van der Waals surface area contributed by atoms with Crippen molar-refractivity contribution in [2.45, 2.75) is 75.1 Å². The standard InChI is InChI=1S/C19H30N2O5S/c1-6-26-17(25)13-12-16(24)21(11(4)9-22)14(15(23)20-10(2)3)19(12)8-7-18(13,5)27-19/h10-14,22H,6-9H2,1-5H3,(H,20,23)/t11-,12+,13+,14?,18-,19?/m1/s1. The van der Waals surface area contributed by atoms with Crippen molar-refractivity contribution in [3.63, 3.8) is 0 Å². The van der Waals surface area contributed by atoms with Gasteiger partial charge in [-0.2, -0.15) is 0 Å². The van der Waals surface area contributed by atoms with E-state index in [1.165, 1.54) is 4.90 Å². The predicted molar refractivity (Wildman–Crippen MR) is 102 cm³/mol. The maximum atomic E-state index is 13.4. The van der Waals surface area contributed by atoms with E-state index in [2.05, 4.69) is 5.32 Å². The zero-order valence-corrected chi connectivity index (χ0v) is 17.5. The second-order valence-electron chi connectivity index (χ2n) is 8.42. The molecule has 0 radical (unpaired) electrons. The minimum absolute atomic E-state index is 0.0608. The molecule has 6 atom stereocenters. The van der Waals surface area contributed by atoms with E-state index in [4.69, 9.17) is 4.74 Å². The van der Waals surface area contributed by atoms with E-state index in [9.17, 15) is 19.5 Å². The van der Waals surface area contributed by atoms with Crippen LogP contribution in [0.1, 0.15) is 47.5 Å². The Morgan fingerprint density at radius 2 is 2.04 bits per heavy atom. The minimum Gasteiger partial charge on any atom is -0.466 e. The van der Waals surface area contributed by atoms with Crippen LogP contribution in [0, 0.1) is 11.8 Å². The average Bonchev–Trinajstić information content (AvgIpc) is 3.14. The zero-order chi connectivity index (χ0) is 20.1. The maximum absolute atomic E-state index is 13.4. The highest BCUT2D eigenvalue weighted by molar-refractivity contribution is 8.02. The smallest absolute Gasteiger partial charge is 0.311 e. The molecule has 2 unspecified atom stereocenters. The Labute approximate surface area is 164 Å². The van der Waals surface area contributed by atoms with Crippen LogP contribution in [0.4, 0.5) is 0 Å². The molecule has 2 N–H and O–H groups in total. The van der Waals surface area contributed by atoms with E-state index in [1.54, 1.807) is 25.6 Å². The summed E-state index contributed by atoms with van der Waals surface area (Å²) in [6, 6.07) is -1.24. The van der Waals surface area contributed by atoms with Crippen molar-refractivity contribution in [1.29, 1.82) is 0 Å². The summed E-state index contributed by atoms with van der Waals surface area (Å²) >= 11 is 1.61. The van der Waals surface area contributed by atoms with Gasteiger partial charge in [-0.25, -0.2) is 0 Å². The third-order valence-corrected chi connectivity index (χ3v) is 8.16. The van der Waals surface area contributed by atoms with Gasteiger partial charge >= 0.3 is 5.97 Å². The molecule has 0 aromatic rings. The molecule has 3 heterocycles. The van der Waals surface area contributed by atoms with Crippen LogP contribution in [0.2, 0.25) is 0 Å². The van der Waals surface area contributed by atoms with Crippen LogP contribution in [-0.2, 0) is 19.1 Å². The summed E-state index contributed by atoms with van der Waals surface area (Å²) in [4.78, 5) is 40.9. The van der Waals surface area contributed by atoms with Crippen LogP contribution in [0.3, 0.4) is 0 Å². The summed E-state index contributed by atoms with van der Waals surface area (Å²) < 4.78 is 4.25. The molecule has 0 aromatic heterocycles. The van der Waals surface area contributed by atoms with Crippen molar-refractivity contribution in [3.8, 4) is 0 Å². The molecular weight excluding hydrogens is 368 g/mol. The molecule has 3 saturated heterocycles. The normalized spacial score (nSPS) is 38.3. The van der Waals surface area contributed by atoms with Crippen molar-refractivity contribution in [3.05, 3.63) is 0 Å². The number of nitrogens with one attached hydrogen (secondary N) is 1. The zero-order valence-electron chi connectivity index (χ0n) is 16.7. The number of likely N-dealkylation sites (tertiary alicyclic amines) is 1. The first-order valence-electron chi connectivity index (χ1n) is 9.73. The number of fused-ring (bicyclic) bond motifs is 1. The molecular formula is C19H30N2O5S. The van der Waals surface area contributed by atoms with Gasteiger partial charge in [-0.1, -0.05) is 0 Å². The van der Waals surface area contributed by atoms with Gasteiger partial charge in [0, 0.05) is 10.8 Å². The number of amides is 2. The first-order chi connectivity index (χ1) is 12.6. The van der Waals surface area contributed by atoms with Crippen molar-refractivity contribution in [1.82, 2.24) is 10.2 Å². The molecule has 8 heteroatoms. The number of nitrogens with zero attached hydrogens (tertiary/aromatic N) is 1. The molecule has 152 valence electrons. The number of carbonyl (C=O) groups excluding carboxylic acids is 3. The molecule has 1 spiro atoms. The van der Waals surface area contributed by atoms with Gasteiger partial charge in [0.1, 0.15) is 6.04 Å². The first-order valence-corrected chi connectivity index (χ1v) is 10.5. The van der Waals surface area contributed by atoms with E-state index >= 15 is 0 Å². The summed E-state index contributed by atoms with van der Waals surface area (Å²) in [6.07, 6.45) is 1.46. The number of aliphatic hydroxyl groups is 1. The van der Waals surface area contributed by atoms with Crippen molar-refractivity contribution in [2.75, 3.05) is 13.2 Å². The number of hydrogen-bond donors (Lipinski definition) is 2. The average molecular weight is 399 g/mol. The summed E-state index contributed by atoms with van der Waals surface area (Å²) in [5, 5.41) is 12.7. The Hall–Kier alpha value is -1.28. The molecule has 0 aliphatic carbocycles. The molecule has 3 rings (SSSR count). The van der Waals surface area contributed by atoms with Gasteiger partial charge in [0.15, 0.2) is 0 Å². The van der Waals surface area contributed by atoms with Gasteiger partial charge < -0.3 is 20.1 Å². The Kier molecular flexibility index (Phi) is 5.27. The summed E-state index contributed by atoms with van der Waals surface area (Å²) in [6.45, 7) is 9.30. The predicted octanol–water partition coefficient (Wildman–Crippen LogP) is 0.936. The number of aliphatic hydroxyl groups excluding tert-OH is 1. The molecule has 2 amide bonds. The fourth-order valence-electron chi connectivity index (χ4n) is 5.18. The second-order valence-corrected chi connectivity index (χ2v) is 10.3. The van der Waals surface area contributed by atoms with Crippen molar-refractivity contribution >= 4 is 29.5 Å². The number of thioether (sulfide) groups is 1. The van der Waals surface area contributed by atoms with E-state index in [0.717, 1.165) is 6.42 Å². The lowest BCUT2D eigenvalue weighted by Crippen LogP contribution is -2.56. The van der Waals surface area contributed by atoms with Crippen molar-refractivity contribution in [2.24, 2.45) is 11.8 Å². The summed E-state index contributed by atoms with van der Waals surface area (Å²) in [5.74, 6) is -1.92. The van der Waals surface area contributed by atoms with E-state index in [1.807, 2.05) is 20.8 Å². The van der Waals surface area contributed by atoms with Crippen molar-refractivity contribution < 1.29 is 24.2 Å². The molecule has 7 nitrogen and oxygen atoms in total. The topological polar surface area (TPSA) is 95.9 Å². The van der Waals surface area contributed by atoms with E-state index in [0.29, 0.717) is 6.42 Å². The van der Waals surface area contributed by atoms with E-state index in [-0.39, 0.29) is 37.0 Å². The fourth-order valence-corrected chi connectivity index (χ4v) is 7.51. The first kappa shape index (κ1) is 20.5. The van der Waals surface area contributed by atoms with Crippen LogP contribution in [0.5, 0.6) is 0 Å². The lowest BCUT2D eigenvalue weighted by Gasteiger charge is -2.36. The Bertz CT molecular complexity index is 656. The third-order valence-electron chi connectivity index (χ3n) is 6.17. The fraction of sp³-hybridized carbons (Fsp3) is 0.842. The van der Waals surface area contributed by atoms with Gasteiger partial charge in [0.05, 0.1) is 35.8 Å². The molecule has 27 heavy (non-hydrogen) atoms. The Morgan fingerprint density at radius 1 is 1.37 bits per heavy atom. The van der Waals surface area contributed by atoms with E-state index < -0.39 is 33.4 Å². The minimum atomic E-state index is -0.689. The number of carbonyl (C=O) groups is 3. The van der Waals surface area contributed by atoms with Gasteiger partial charge in [0.2, 0.25) is 11.8 Å². The Morgan fingerprint density at radius 3 is 2.59 bits per heavy atom. The highest BCUT2D eigenvalue weighted by Crippen LogP contribution is 2.71. The highest BCUT2D eigenvalue weighted by Gasteiger charge is 2.77. The Balaban J connectivity index is 2.07. The molecule has 3 fully saturated rings. The van der Waals surface area contributed by atoms with Crippen LogP contribution in [0.25, 0.3) is 0 Å². The number of esters is 1. The molecule has 3 aliphatic heterocycles. The maximum Gasteiger partial charge on any atom is 0.311 e. The lowest BCUT2D eigenvalue weighted by molar-refractivity contribution is -0.155. The van der Waals surface area contributed by atoms with Crippen LogP contribution >= 0.6 is 11.8 Å². The monoisotopic (exact) mass is 398 g/mol. The van der Waals surface area contributed by atoms with Gasteiger partial charge in [-0.15, -0.1) is 11.8 Å². The number of hydrogen-bond acceptors (Lipinski definition) is 6. The highest BCUT2D eigenvalue weighted by atomic mass is 32.2. The third kappa shape index (κ3) is 2.87. The van der Waals surface area contributed by atoms with Crippen LogP contribution in [-0.4, -0.2) is 68.6 Å². The summed E-state index contributed by atoms with van der Waals surface area (Å²) in [7, 11) is 0. The van der Waals surface area contributed by atoms with Gasteiger partial charge in [0.25, 0.3) is 0 Å². The summed E-state index contributed by atoms with van der Waals surface area (Å²) in [5.41, 5.74) is 0. The van der Waals surface area contributed by atoms with Crippen LogP contribution < -0.4 is 5.32 Å².